The van der Waals surface area contributed by atoms with Crippen molar-refractivity contribution in [1.29, 1.82) is 0 Å². The number of nitrogens with one attached hydrogen (secondary N) is 1. The lowest BCUT2D eigenvalue weighted by atomic mass is 10.0. The highest BCUT2D eigenvalue weighted by Gasteiger charge is 2.31. The predicted molar refractivity (Wildman–Crippen MR) is 142 cm³/mol. The molecule has 38 heavy (non-hydrogen) atoms. The normalized spacial score (nSPS) is 11.9. The maximum atomic E-state index is 13.7. The van der Waals surface area contributed by atoms with Crippen molar-refractivity contribution in [3.63, 3.8) is 0 Å². The van der Waals surface area contributed by atoms with Crippen molar-refractivity contribution < 1.29 is 18.7 Å². The number of aryl methyl sites for hydroxylation is 1. The summed E-state index contributed by atoms with van der Waals surface area (Å²) < 4.78 is 18.8. The van der Waals surface area contributed by atoms with Gasteiger partial charge in [-0.25, -0.2) is 4.39 Å². The number of carbonyl (C=O) groups is 2. The molecule has 3 aromatic rings. The van der Waals surface area contributed by atoms with Gasteiger partial charge in [-0.05, 0) is 67.6 Å². The van der Waals surface area contributed by atoms with E-state index in [1.165, 1.54) is 16.9 Å². The summed E-state index contributed by atoms with van der Waals surface area (Å²) in [7, 11) is 0. The minimum Gasteiger partial charge on any atom is -0.382 e. The maximum absolute atomic E-state index is 13.7. The fourth-order valence-corrected chi connectivity index (χ4v) is 3.92. The SMILES string of the molecule is CCOCCCN(C(=O)Cn1nnc(-c2ccc(F)cc2)n1)[C@H](C(=O)NCCC(C)C)c1ccc(C)cc1. The van der Waals surface area contributed by atoms with Gasteiger partial charge in [-0.15, -0.1) is 10.2 Å². The molecule has 3 rings (SSSR count). The second-order valence-corrected chi connectivity index (χ2v) is 9.57. The first-order chi connectivity index (χ1) is 18.3. The van der Waals surface area contributed by atoms with Crippen molar-refractivity contribution >= 4 is 11.8 Å². The molecule has 1 atom stereocenters. The van der Waals surface area contributed by atoms with Crippen LogP contribution in [0.15, 0.2) is 48.5 Å². The van der Waals surface area contributed by atoms with Crippen LogP contribution in [0.1, 0.15) is 50.8 Å². The quantitative estimate of drug-likeness (QED) is 0.321. The Kier molecular flexibility index (Phi) is 10.9. The van der Waals surface area contributed by atoms with E-state index >= 15 is 0 Å². The van der Waals surface area contributed by atoms with Crippen LogP contribution in [0.4, 0.5) is 4.39 Å². The number of hydrogen-bond donors (Lipinski definition) is 1. The van der Waals surface area contributed by atoms with Crippen LogP contribution in [-0.4, -0.2) is 63.2 Å². The number of hydrogen-bond acceptors (Lipinski definition) is 6. The smallest absolute Gasteiger partial charge is 0.247 e. The van der Waals surface area contributed by atoms with Crippen molar-refractivity contribution in [2.45, 2.75) is 53.1 Å². The Hall–Kier alpha value is -3.66. The lowest BCUT2D eigenvalue weighted by molar-refractivity contribution is -0.142. The Balaban J connectivity index is 1.86. The molecule has 0 unspecified atom stereocenters. The highest BCUT2D eigenvalue weighted by molar-refractivity contribution is 5.88. The highest BCUT2D eigenvalue weighted by atomic mass is 19.1. The average molecular weight is 525 g/mol. The summed E-state index contributed by atoms with van der Waals surface area (Å²) in [5.41, 5.74) is 2.36. The van der Waals surface area contributed by atoms with Crippen molar-refractivity contribution in [3.8, 4) is 11.4 Å². The lowest BCUT2D eigenvalue weighted by Gasteiger charge is -2.31. The van der Waals surface area contributed by atoms with Crippen LogP contribution in [-0.2, 0) is 20.9 Å². The van der Waals surface area contributed by atoms with Gasteiger partial charge < -0.3 is 15.0 Å². The fourth-order valence-electron chi connectivity index (χ4n) is 3.92. The summed E-state index contributed by atoms with van der Waals surface area (Å²) in [6, 6.07) is 12.5. The molecule has 0 radical (unpaired) electrons. The van der Waals surface area contributed by atoms with Gasteiger partial charge in [0.15, 0.2) is 0 Å². The highest BCUT2D eigenvalue weighted by Crippen LogP contribution is 2.23. The number of benzene rings is 2. The third-order valence-electron chi connectivity index (χ3n) is 6.02. The van der Waals surface area contributed by atoms with E-state index in [4.69, 9.17) is 4.74 Å². The minimum absolute atomic E-state index is 0.204. The number of aromatic nitrogens is 4. The topological polar surface area (TPSA) is 102 Å². The first kappa shape index (κ1) is 28.9. The number of tetrazole rings is 1. The van der Waals surface area contributed by atoms with E-state index in [0.717, 1.165) is 17.5 Å². The Morgan fingerprint density at radius 3 is 2.47 bits per heavy atom. The summed E-state index contributed by atoms with van der Waals surface area (Å²) in [6.45, 7) is 9.74. The first-order valence-corrected chi connectivity index (χ1v) is 13.0. The zero-order chi connectivity index (χ0) is 27.5. The average Bonchev–Trinajstić information content (AvgIpc) is 3.35. The van der Waals surface area contributed by atoms with Crippen LogP contribution >= 0.6 is 0 Å². The van der Waals surface area contributed by atoms with Gasteiger partial charge in [-0.1, -0.05) is 43.7 Å². The standard InChI is InChI=1S/C28H37FN6O3/c1-5-38-18-6-17-34(25(36)19-35-32-27(31-33-35)23-11-13-24(29)14-12-23)26(22-9-7-21(4)8-10-22)28(37)30-16-15-20(2)3/h7-14,20,26H,5-6,15-19H2,1-4H3,(H,30,37)/t26-/m0/s1. The van der Waals surface area contributed by atoms with Crippen LogP contribution in [0.3, 0.4) is 0 Å². The lowest BCUT2D eigenvalue weighted by Crippen LogP contribution is -2.46. The van der Waals surface area contributed by atoms with E-state index in [1.54, 1.807) is 17.0 Å². The van der Waals surface area contributed by atoms with Gasteiger partial charge in [0.25, 0.3) is 0 Å². The molecular weight excluding hydrogens is 487 g/mol. The largest absolute Gasteiger partial charge is 0.382 e. The molecule has 2 aromatic carbocycles. The van der Waals surface area contributed by atoms with Crippen LogP contribution in [0.2, 0.25) is 0 Å². The minimum atomic E-state index is -0.822. The Labute approximate surface area is 223 Å². The Morgan fingerprint density at radius 2 is 1.82 bits per heavy atom. The molecular formula is C28H37FN6O3. The summed E-state index contributed by atoms with van der Waals surface area (Å²) in [5, 5.41) is 15.3. The number of nitrogens with zero attached hydrogens (tertiary/aromatic N) is 5. The number of rotatable bonds is 14. The van der Waals surface area contributed by atoms with Crippen LogP contribution < -0.4 is 5.32 Å². The number of amides is 2. The van der Waals surface area contributed by atoms with Gasteiger partial charge >= 0.3 is 0 Å². The molecule has 0 aliphatic heterocycles. The van der Waals surface area contributed by atoms with Gasteiger partial charge in [0.05, 0.1) is 0 Å². The molecule has 0 aliphatic carbocycles. The van der Waals surface area contributed by atoms with Crippen LogP contribution in [0, 0.1) is 18.7 Å². The molecule has 1 aromatic heterocycles. The van der Waals surface area contributed by atoms with Crippen LogP contribution in [0.5, 0.6) is 0 Å². The summed E-state index contributed by atoms with van der Waals surface area (Å²) >= 11 is 0. The first-order valence-electron chi connectivity index (χ1n) is 13.0. The second-order valence-electron chi connectivity index (χ2n) is 9.57. The zero-order valence-corrected chi connectivity index (χ0v) is 22.6. The molecule has 1 N–H and O–H groups in total. The van der Waals surface area contributed by atoms with E-state index in [-0.39, 0.29) is 30.0 Å². The molecule has 0 aliphatic rings. The molecule has 204 valence electrons. The summed E-state index contributed by atoms with van der Waals surface area (Å²) in [6.07, 6.45) is 1.40. The molecule has 0 fully saturated rings. The molecule has 9 nitrogen and oxygen atoms in total. The number of carbonyl (C=O) groups excluding carboxylic acids is 2. The molecule has 1 heterocycles. The van der Waals surface area contributed by atoms with Gasteiger partial charge in [-0.3, -0.25) is 9.59 Å². The number of ether oxygens (including phenoxy) is 1. The molecule has 0 spiro atoms. The van der Waals surface area contributed by atoms with E-state index in [2.05, 4.69) is 34.6 Å². The van der Waals surface area contributed by atoms with Crippen molar-refractivity contribution in [1.82, 2.24) is 30.4 Å². The molecule has 0 bridgehead atoms. The van der Waals surface area contributed by atoms with Gasteiger partial charge in [0, 0.05) is 31.9 Å². The summed E-state index contributed by atoms with van der Waals surface area (Å²) in [4.78, 5) is 29.9. The third-order valence-corrected chi connectivity index (χ3v) is 6.02. The number of halogens is 1. The molecule has 10 heteroatoms. The molecule has 0 saturated heterocycles. The fraction of sp³-hybridized carbons (Fsp3) is 0.464. The van der Waals surface area contributed by atoms with E-state index in [1.807, 2.05) is 38.1 Å². The zero-order valence-electron chi connectivity index (χ0n) is 22.6. The van der Waals surface area contributed by atoms with E-state index in [0.29, 0.717) is 44.2 Å². The molecule has 2 amide bonds. The second kappa shape index (κ2) is 14.3. The van der Waals surface area contributed by atoms with E-state index < -0.39 is 6.04 Å². The van der Waals surface area contributed by atoms with Crippen molar-refractivity contribution in [3.05, 3.63) is 65.5 Å². The van der Waals surface area contributed by atoms with Gasteiger partial charge in [0.2, 0.25) is 17.6 Å². The van der Waals surface area contributed by atoms with Gasteiger partial charge in [-0.2, -0.15) is 4.80 Å². The van der Waals surface area contributed by atoms with Crippen molar-refractivity contribution in [2.24, 2.45) is 5.92 Å². The third kappa shape index (κ3) is 8.44. The van der Waals surface area contributed by atoms with E-state index in [9.17, 15) is 14.0 Å². The maximum Gasteiger partial charge on any atom is 0.247 e. The van der Waals surface area contributed by atoms with Gasteiger partial charge in [0.1, 0.15) is 18.4 Å². The monoisotopic (exact) mass is 524 g/mol. The summed E-state index contributed by atoms with van der Waals surface area (Å²) in [5.74, 6) is -0.215. The Morgan fingerprint density at radius 1 is 1.11 bits per heavy atom. The van der Waals surface area contributed by atoms with Crippen molar-refractivity contribution in [2.75, 3.05) is 26.3 Å². The molecule has 0 saturated carbocycles. The predicted octanol–water partition coefficient (Wildman–Crippen LogP) is 3.95. The Bertz CT molecular complexity index is 1160. The van der Waals surface area contributed by atoms with Crippen LogP contribution in [0.25, 0.3) is 11.4 Å².